The first kappa shape index (κ1) is 10.2. The number of hydrogen-bond acceptors (Lipinski definition) is 3. The first-order valence-corrected chi connectivity index (χ1v) is 5.21. The number of hydrogen-bond donors (Lipinski definition) is 0. The molecule has 1 aliphatic rings. The standard InChI is InChI=1S/C12H15NO2/c1-10-9-15-7-6-13(10)12-4-2-11(8-14)3-5-12/h2-5,8,10H,6-7,9H2,1H3. The molecule has 1 aromatic rings. The van der Waals surface area contributed by atoms with Crippen LogP contribution in [0.25, 0.3) is 0 Å². The number of morpholine rings is 1. The predicted octanol–water partition coefficient (Wildman–Crippen LogP) is 1.72. The van der Waals surface area contributed by atoms with Gasteiger partial charge < -0.3 is 9.64 Å². The molecule has 1 unspecified atom stereocenters. The Morgan fingerprint density at radius 3 is 2.73 bits per heavy atom. The zero-order valence-electron chi connectivity index (χ0n) is 8.85. The molecule has 1 aliphatic heterocycles. The van der Waals surface area contributed by atoms with Crippen LogP contribution in [-0.2, 0) is 4.74 Å². The normalized spacial score (nSPS) is 21.4. The third kappa shape index (κ3) is 2.18. The van der Waals surface area contributed by atoms with Crippen LogP contribution in [-0.4, -0.2) is 32.1 Å². The number of benzene rings is 1. The molecule has 0 aliphatic carbocycles. The molecule has 0 N–H and O–H groups in total. The highest BCUT2D eigenvalue weighted by molar-refractivity contribution is 5.75. The highest BCUT2D eigenvalue weighted by atomic mass is 16.5. The van der Waals surface area contributed by atoms with E-state index in [9.17, 15) is 4.79 Å². The van der Waals surface area contributed by atoms with Gasteiger partial charge in [-0.05, 0) is 31.2 Å². The Morgan fingerprint density at radius 2 is 2.13 bits per heavy atom. The summed E-state index contributed by atoms with van der Waals surface area (Å²) in [5, 5.41) is 0. The van der Waals surface area contributed by atoms with Crippen molar-refractivity contribution in [3.05, 3.63) is 29.8 Å². The maximum absolute atomic E-state index is 10.5. The average molecular weight is 205 g/mol. The molecular weight excluding hydrogens is 190 g/mol. The first-order chi connectivity index (χ1) is 7.31. The fourth-order valence-electron chi connectivity index (χ4n) is 1.86. The molecule has 2 rings (SSSR count). The second-order valence-corrected chi connectivity index (χ2v) is 3.83. The summed E-state index contributed by atoms with van der Waals surface area (Å²) in [6.45, 7) is 4.61. The minimum absolute atomic E-state index is 0.404. The van der Waals surface area contributed by atoms with E-state index in [2.05, 4.69) is 11.8 Å². The van der Waals surface area contributed by atoms with Crippen LogP contribution in [0.2, 0.25) is 0 Å². The Balaban J connectivity index is 2.16. The lowest BCUT2D eigenvalue weighted by atomic mass is 10.1. The maximum Gasteiger partial charge on any atom is 0.150 e. The van der Waals surface area contributed by atoms with E-state index in [-0.39, 0.29) is 0 Å². The van der Waals surface area contributed by atoms with Crippen molar-refractivity contribution in [1.82, 2.24) is 0 Å². The van der Waals surface area contributed by atoms with Crippen molar-refractivity contribution in [3.63, 3.8) is 0 Å². The molecule has 0 spiro atoms. The van der Waals surface area contributed by atoms with E-state index in [1.165, 1.54) is 0 Å². The Morgan fingerprint density at radius 1 is 1.40 bits per heavy atom. The van der Waals surface area contributed by atoms with Crippen molar-refractivity contribution in [2.24, 2.45) is 0 Å². The van der Waals surface area contributed by atoms with Crippen LogP contribution in [0.5, 0.6) is 0 Å². The van der Waals surface area contributed by atoms with Crippen LogP contribution in [0.4, 0.5) is 5.69 Å². The zero-order chi connectivity index (χ0) is 10.7. The smallest absolute Gasteiger partial charge is 0.150 e. The minimum Gasteiger partial charge on any atom is -0.377 e. The fourth-order valence-corrected chi connectivity index (χ4v) is 1.86. The average Bonchev–Trinajstić information content (AvgIpc) is 2.30. The molecule has 1 heterocycles. The predicted molar refractivity (Wildman–Crippen MR) is 59.5 cm³/mol. The number of rotatable bonds is 2. The Bertz CT molecular complexity index is 334. The topological polar surface area (TPSA) is 29.5 Å². The summed E-state index contributed by atoms with van der Waals surface area (Å²) in [6.07, 6.45) is 0.868. The van der Waals surface area contributed by atoms with Crippen LogP contribution >= 0.6 is 0 Å². The molecule has 1 atom stereocenters. The molecule has 3 nitrogen and oxygen atoms in total. The van der Waals surface area contributed by atoms with Crippen molar-refractivity contribution >= 4 is 12.0 Å². The summed E-state index contributed by atoms with van der Waals surface area (Å²) >= 11 is 0. The van der Waals surface area contributed by atoms with Gasteiger partial charge in [-0.15, -0.1) is 0 Å². The Hall–Kier alpha value is -1.35. The molecule has 15 heavy (non-hydrogen) atoms. The number of carbonyl (C=O) groups is 1. The molecule has 0 bridgehead atoms. The summed E-state index contributed by atoms with van der Waals surface area (Å²) in [5.41, 5.74) is 1.89. The lowest BCUT2D eigenvalue weighted by Crippen LogP contribution is -2.43. The molecule has 0 aromatic heterocycles. The molecular formula is C12H15NO2. The van der Waals surface area contributed by atoms with Gasteiger partial charge in [0.05, 0.1) is 13.2 Å². The van der Waals surface area contributed by atoms with Gasteiger partial charge in [-0.3, -0.25) is 4.79 Å². The van der Waals surface area contributed by atoms with Crippen LogP contribution in [0, 0.1) is 0 Å². The van der Waals surface area contributed by atoms with Crippen molar-refractivity contribution in [1.29, 1.82) is 0 Å². The fraction of sp³-hybridized carbons (Fsp3) is 0.417. The third-order valence-electron chi connectivity index (χ3n) is 2.73. The highest BCUT2D eigenvalue weighted by Gasteiger charge is 2.18. The summed E-state index contributed by atoms with van der Waals surface area (Å²) in [5.74, 6) is 0. The van der Waals surface area contributed by atoms with Gasteiger partial charge in [0.1, 0.15) is 6.29 Å². The lowest BCUT2D eigenvalue weighted by Gasteiger charge is -2.35. The third-order valence-corrected chi connectivity index (χ3v) is 2.73. The van der Waals surface area contributed by atoms with Gasteiger partial charge in [0.25, 0.3) is 0 Å². The van der Waals surface area contributed by atoms with Gasteiger partial charge in [0.2, 0.25) is 0 Å². The molecule has 80 valence electrons. The van der Waals surface area contributed by atoms with Crippen LogP contribution in [0.1, 0.15) is 17.3 Å². The van der Waals surface area contributed by atoms with Gasteiger partial charge >= 0.3 is 0 Å². The molecule has 0 amide bonds. The second-order valence-electron chi connectivity index (χ2n) is 3.83. The van der Waals surface area contributed by atoms with Crippen LogP contribution < -0.4 is 4.90 Å². The molecule has 3 heteroatoms. The van der Waals surface area contributed by atoms with Crippen LogP contribution in [0.15, 0.2) is 24.3 Å². The molecule has 0 saturated carbocycles. The molecule has 1 aromatic carbocycles. The van der Waals surface area contributed by atoms with E-state index in [0.29, 0.717) is 6.04 Å². The number of ether oxygens (including phenoxy) is 1. The van der Waals surface area contributed by atoms with Crippen molar-refractivity contribution in [3.8, 4) is 0 Å². The summed E-state index contributed by atoms with van der Waals surface area (Å²) in [6, 6.07) is 8.09. The zero-order valence-corrected chi connectivity index (χ0v) is 8.85. The SMILES string of the molecule is CC1COCCN1c1ccc(C=O)cc1. The maximum atomic E-state index is 10.5. The van der Waals surface area contributed by atoms with Crippen LogP contribution in [0.3, 0.4) is 0 Å². The largest absolute Gasteiger partial charge is 0.377 e. The van der Waals surface area contributed by atoms with E-state index in [4.69, 9.17) is 4.74 Å². The van der Waals surface area contributed by atoms with Gasteiger partial charge in [-0.25, -0.2) is 0 Å². The number of anilines is 1. The summed E-state index contributed by atoms with van der Waals surface area (Å²) in [7, 11) is 0. The number of nitrogens with zero attached hydrogens (tertiary/aromatic N) is 1. The molecule has 1 saturated heterocycles. The van der Waals surface area contributed by atoms with E-state index >= 15 is 0 Å². The Kier molecular flexibility index (Phi) is 3.02. The summed E-state index contributed by atoms with van der Waals surface area (Å²) < 4.78 is 5.38. The molecule has 1 fully saturated rings. The van der Waals surface area contributed by atoms with Crippen molar-refractivity contribution < 1.29 is 9.53 Å². The Labute approximate surface area is 89.7 Å². The van der Waals surface area contributed by atoms with E-state index in [1.807, 2.05) is 24.3 Å². The van der Waals surface area contributed by atoms with Gasteiger partial charge in [-0.1, -0.05) is 0 Å². The minimum atomic E-state index is 0.404. The monoisotopic (exact) mass is 205 g/mol. The van der Waals surface area contributed by atoms with E-state index in [1.54, 1.807) is 0 Å². The van der Waals surface area contributed by atoms with Gasteiger partial charge in [0.15, 0.2) is 0 Å². The lowest BCUT2D eigenvalue weighted by molar-refractivity contribution is 0.0989. The molecule has 0 radical (unpaired) electrons. The summed E-state index contributed by atoms with van der Waals surface area (Å²) in [4.78, 5) is 12.8. The van der Waals surface area contributed by atoms with Gasteiger partial charge in [0, 0.05) is 23.8 Å². The number of carbonyl (C=O) groups excluding carboxylic acids is 1. The number of aldehydes is 1. The highest BCUT2D eigenvalue weighted by Crippen LogP contribution is 2.19. The second kappa shape index (κ2) is 4.45. The van der Waals surface area contributed by atoms with E-state index in [0.717, 1.165) is 37.3 Å². The van der Waals surface area contributed by atoms with Crippen molar-refractivity contribution in [2.45, 2.75) is 13.0 Å². The quantitative estimate of drug-likeness (QED) is 0.688. The van der Waals surface area contributed by atoms with Crippen molar-refractivity contribution in [2.75, 3.05) is 24.7 Å². The first-order valence-electron chi connectivity index (χ1n) is 5.21. The van der Waals surface area contributed by atoms with E-state index < -0.39 is 0 Å². The van der Waals surface area contributed by atoms with Gasteiger partial charge in [-0.2, -0.15) is 0 Å².